The molecule has 76 valence electrons. The van der Waals surface area contributed by atoms with Crippen molar-refractivity contribution in [2.75, 3.05) is 0 Å². The van der Waals surface area contributed by atoms with Gasteiger partial charge in [-0.25, -0.2) is 4.39 Å². The van der Waals surface area contributed by atoms with Crippen LogP contribution in [0.3, 0.4) is 0 Å². The minimum Gasteiger partial charge on any atom is -0.505 e. The second-order valence-corrected chi connectivity index (χ2v) is 3.24. The Morgan fingerprint density at radius 1 is 1.50 bits per heavy atom. The number of phenols is 1. The molecule has 0 amide bonds. The number of halogens is 1. The van der Waals surface area contributed by atoms with Crippen molar-refractivity contribution in [3.8, 4) is 5.75 Å². The van der Waals surface area contributed by atoms with Crippen molar-refractivity contribution >= 4 is 5.97 Å². The topological polar surface area (TPSA) is 57.5 Å². The molecule has 0 fully saturated rings. The van der Waals surface area contributed by atoms with Crippen LogP contribution in [-0.4, -0.2) is 16.2 Å². The van der Waals surface area contributed by atoms with E-state index >= 15 is 0 Å². The van der Waals surface area contributed by atoms with Gasteiger partial charge >= 0.3 is 5.97 Å². The summed E-state index contributed by atoms with van der Waals surface area (Å²) in [4.78, 5) is 10.6. The van der Waals surface area contributed by atoms with E-state index in [1.807, 2.05) is 0 Å². The van der Waals surface area contributed by atoms with Crippen LogP contribution in [0, 0.1) is 12.7 Å². The number of aryl methyl sites for hydroxylation is 1. The minimum atomic E-state index is -1.09. The molecule has 1 aromatic carbocycles. The molecule has 1 atom stereocenters. The van der Waals surface area contributed by atoms with Crippen LogP contribution in [0.5, 0.6) is 5.75 Å². The van der Waals surface area contributed by atoms with Crippen LogP contribution in [-0.2, 0) is 4.79 Å². The fourth-order valence-electron chi connectivity index (χ4n) is 1.22. The lowest BCUT2D eigenvalue weighted by molar-refractivity contribution is -0.138. The molecule has 0 aliphatic heterocycles. The highest BCUT2D eigenvalue weighted by Crippen LogP contribution is 2.29. The van der Waals surface area contributed by atoms with Gasteiger partial charge in [0.2, 0.25) is 0 Å². The fourth-order valence-corrected chi connectivity index (χ4v) is 1.22. The maximum Gasteiger partial charge on any atom is 0.310 e. The lowest BCUT2D eigenvalue weighted by Crippen LogP contribution is -2.08. The molecular weight excluding hydrogens is 187 g/mol. The zero-order valence-corrected chi connectivity index (χ0v) is 7.91. The second kappa shape index (κ2) is 3.65. The number of hydrogen-bond donors (Lipinski definition) is 2. The van der Waals surface area contributed by atoms with Gasteiger partial charge in [0.15, 0.2) is 11.6 Å². The smallest absolute Gasteiger partial charge is 0.310 e. The van der Waals surface area contributed by atoms with Crippen molar-refractivity contribution in [3.05, 3.63) is 29.1 Å². The normalized spacial score (nSPS) is 12.5. The van der Waals surface area contributed by atoms with Crippen LogP contribution in [0.2, 0.25) is 0 Å². The molecule has 0 aliphatic carbocycles. The predicted molar refractivity (Wildman–Crippen MR) is 48.9 cm³/mol. The van der Waals surface area contributed by atoms with E-state index in [9.17, 15) is 14.3 Å². The molecule has 1 unspecified atom stereocenters. The first-order valence-electron chi connectivity index (χ1n) is 4.15. The fraction of sp³-hybridized carbons (Fsp3) is 0.300. The molecular formula is C10H11FO3. The van der Waals surface area contributed by atoms with E-state index in [-0.39, 0.29) is 5.56 Å². The summed E-state index contributed by atoms with van der Waals surface area (Å²) in [6.45, 7) is 3.04. The largest absolute Gasteiger partial charge is 0.505 e. The number of rotatable bonds is 2. The molecule has 0 radical (unpaired) electrons. The summed E-state index contributed by atoms with van der Waals surface area (Å²) in [5.74, 6) is -3.37. The predicted octanol–water partition coefficient (Wildman–Crippen LogP) is 2.03. The van der Waals surface area contributed by atoms with Gasteiger partial charge in [0.1, 0.15) is 0 Å². The Hall–Kier alpha value is -1.58. The van der Waals surface area contributed by atoms with Gasteiger partial charge in [-0.2, -0.15) is 0 Å². The Morgan fingerprint density at radius 2 is 2.07 bits per heavy atom. The summed E-state index contributed by atoms with van der Waals surface area (Å²) < 4.78 is 13.0. The van der Waals surface area contributed by atoms with E-state index in [2.05, 4.69) is 0 Å². The lowest BCUT2D eigenvalue weighted by Gasteiger charge is -2.10. The molecule has 0 saturated heterocycles. The number of carboxylic acid groups (broad SMARTS) is 1. The molecule has 0 spiro atoms. The number of phenolic OH excluding ortho intramolecular Hbond substituents is 1. The van der Waals surface area contributed by atoms with E-state index in [1.54, 1.807) is 6.92 Å². The molecule has 0 saturated carbocycles. The zero-order valence-electron chi connectivity index (χ0n) is 7.91. The summed E-state index contributed by atoms with van der Waals surface area (Å²) >= 11 is 0. The SMILES string of the molecule is Cc1cc(F)c(O)c(C(C)C(=O)O)c1. The van der Waals surface area contributed by atoms with Gasteiger partial charge in [0, 0.05) is 5.56 Å². The van der Waals surface area contributed by atoms with Crippen molar-refractivity contribution in [1.29, 1.82) is 0 Å². The van der Waals surface area contributed by atoms with Gasteiger partial charge in [0.25, 0.3) is 0 Å². The first kappa shape index (κ1) is 10.5. The first-order chi connectivity index (χ1) is 6.43. The molecule has 1 rings (SSSR count). The van der Waals surface area contributed by atoms with E-state index in [0.717, 1.165) is 6.07 Å². The van der Waals surface area contributed by atoms with Crippen molar-refractivity contribution in [1.82, 2.24) is 0 Å². The average molecular weight is 198 g/mol. The van der Waals surface area contributed by atoms with Gasteiger partial charge in [0.05, 0.1) is 5.92 Å². The molecule has 0 aromatic heterocycles. The third-order valence-electron chi connectivity index (χ3n) is 2.07. The Bertz CT molecular complexity index is 374. The second-order valence-electron chi connectivity index (χ2n) is 3.24. The van der Waals surface area contributed by atoms with Crippen molar-refractivity contribution in [2.24, 2.45) is 0 Å². The van der Waals surface area contributed by atoms with Crippen LogP contribution in [0.15, 0.2) is 12.1 Å². The van der Waals surface area contributed by atoms with Crippen LogP contribution in [0.4, 0.5) is 4.39 Å². The van der Waals surface area contributed by atoms with Crippen molar-refractivity contribution < 1.29 is 19.4 Å². The van der Waals surface area contributed by atoms with Crippen LogP contribution in [0.1, 0.15) is 24.0 Å². The van der Waals surface area contributed by atoms with Crippen molar-refractivity contribution in [3.63, 3.8) is 0 Å². The third-order valence-corrected chi connectivity index (χ3v) is 2.07. The molecule has 1 aromatic rings. The number of benzene rings is 1. The van der Waals surface area contributed by atoms with Crippen molar-refractivity contribution in [2.45, 2.75) is 19.8 Å². The Kier molecular flexibility index (Phi) is 2.74. The number of aliphatic carboxylic acids is 1. The number of carboxylic acids is 1. The molecule has 0 bridgehead atoms. The summed E-state index contributed by atoms with van der Waals surface area (Å²) in [7, 11) is 0. The number of carbonyl (C=O) groups is 1. The molecule has 3 nitrogen and oxygen atoms in total. The Labute approximate surface area is 80.8 Å². The minimum absolute atomic E-state index is 0.106. The van der Waals surface area contributed by atoms with Gasteiger partial charge in [-0.1, -0.05) is 6.07 Å². The third kappa shape index (κ3) is 1.84. The molecule has 14 heavy (non-hydrogen) atoms. The molecule has 2 N–H and O–H groups in total. The van der Waals surface area contributed by atoms with Crippen LogP contribution in [0.25, 0.3) is 0 Å². The van der Waals surface area contributed by atoms with E-state index in [4.69, 9.17) is 5.11 Å². The highest BCUT2D eigenvalue weighted by Gasteiger charge is 2.20. The lowest BCUT2D eigenvalue weighted by atomic mass is 9.98. The maximum absolute atomic E-state index is 13.0. The van der Waals surface area contributed by atoms with Crippen LogP contribution < -0.4 is 0 Å². The van der Waals surface area contributed by atoms with Gasteiger partial charge in [-0.05, 0) is 25.5 Å². The highest BCUT2D eigenvalue weighted by atomic mass is 19.1. The summed E-state index contributed by atoms with van der Waals surface area (Å²) in [5, 5.41) is 18.0. The van der Waals surface area contributed by atoms with E-state index in [0.29, 0.717) is 5.56 Å². The van der Waals surface area contributed by atoms with Gasteiger partial charge in [-0.15, -0.1) is 0 Å². The Balaban J connectivity index is 3.26. The molecule has 4 heteroatoms. The maximum atomic E-state index is 13.0. The standard InChI is InChI=1S/C10H11FO3/c1-5-3-7(6(2)10(13)14)9(12)8(11)4-5/h3-4,6,12H,1-2H3,(H,13,14). The average Bonchev–Trinajstić information content (AvgIpc) is 2.09. The van der Waals surface area contributed by atoms with Gasteiger partial charge in [-0.3, -0.25) is 4.79 Å². The highest BCUT2D eigenvalue weighted by molar-refractivity contribution is 5.76. The summed E-state index contributed by atoms with van der Waals surface area (Å²) in [5.41, 5.74) is 0.693. The molecule has 0 heterocycles. The molecule has 0 aliphatic rings. The van der Waals surface area contributed by atoms with Crippen LogP contribution >= 0.6 is 0 Å². The number of aromatic hydroxyl groups is 1. The van der Waals surface area contributed by atoms with E-state index < -0.39 is 23.5 Å². The van der Waals surface area contributed by atoms with E-state index in [1.165, 1.54) is 13.0 Å². The first-order valence-corrected chi connectivity index (χ1v) is 4.15. The zero-order chi connectivity index (χ0) is 10.9. The monoisotopic (exact) mass is 198 g/mol. The summed E-state index contributed by atoms with van der Waals surface area (Å²) in [6, 6.07) is 2.63. The number of hydrogen-bond acceptors (Lipinski definition) is 2. The quantitative estimate of drug-likeness (QED) is 0.764. The summed E-state index contributed by atoms with van der Waals surface area (Å²) in [6.07, 6.45) is 0. The Morgan fingerprint density at radius 3 is 2.57 bits per heavy atom. The van der Waals surface area contributed by atoms with Gasteiger partial charge < -0.3 is 10.2 Å².